The van der Waals surface area contributed by atoms with Gasteiger partial charge >= 0.3 is 0 Å². The molecule has 5 rings (SSSR count). The number of pyridine rings is 1. The van der Waals surface area contributed by atoms with Crippen molar-refractivity contribution < 1.29 is 13.2 Å². The summed E-state index contributed by atoms with van der Waals surface area (Å²) in [6.07, 6.45) is 0.114. The molecule has 6 nitrogen and oxygen atoms in total. The fourth-order valence-corrected chi connectivity index (χ4v) is 4.18. The van der Waals surface area contributed by atoms with Crippen molar-refractivity contribution in [1.29, 1.82) is 0 Å². The first kappa shape index (κ1) is 19.7. The summed E-state index contributed by atoms with van der Waals surface area (Å²) < 4.78 is 42.9. The van der Waals surface area contributed by atoms with E-state index in [1.807, 2.05) is 30.3 Å². The number of rotatable bonds is 3. The van der Waals surface area contributed by atoms with E-state index in [2.05, 4.69) is 25.6 Å². The fraction of sp³-hybridized carbons (Fsp3) is 0.238. The zero-order chi connectivity index (χ0) is 21.6. The molecule has 158 valence electrons. The van der Waals surface area contributed by atoms with Gasteiger partial charge in [0.2, 0.25) is 0 Å². The number of piperidine rings is 1. The van der Waals surface area contributed by atoms with Gasteiger partial charge in [-0.15, -0.1) is 5.10 Å². The molecule has 3 heterocycles. The van der Waals surface area contributed by atoms with Crippen LogP contribution >= 0.6 is 11.6 Å². The molecule has 0 bridgehead atoms. The van der Waals surface area contributed by atoms with Crippen molar-refractivity contribution in [2.24, 2.45) is 0 Å². The van der Waals surface area contributed by atoms with Gasteiger partial charge in [0, 0.05) is 30.0 Å². The maximum absolute atomic E-state index is 14.3. The second kappa shape index (κ2) is 7.49. The predicted octanol–water partition coefficient (Wildman–Crippen LogP) is 5.11. The lowest BCUT2D eigenvalue weighted by atomic mass is 9.94. The lowest BCUT2D eigenvalue weighted by molar-refractivity contribution is -0.0118. The summed E-state index contributed by atoms with van der Waals surface area (Å²) in [5.41, 5.74) is 2.17. The molecule has 0 aliphatic carbocycles. The number of hydrogen-bond acceptors (Lipinski definition) is 5. The molecule has 0 atom stereocenters. The summed E-state index contributed by atoms with van der Waals surface area (Å²) in [5.74, 6) is -2.95. The van der Waals surface area contributed by atoms with Crippen molar-refractivity contribution in [3.63, 3.8) is 0 Å². The Morgan fingerprint density at radius 1 is 1.10 bits per heavy atom. The Labute approximate surface area is 180 Å². The molecular weight excluding hydrogens is 429 g/mol. The number of nitrogens with one attached hydrogen (secondary N) is 1. The monoisotopic (exact) mass is 444 g/mol. The smallest absolute Gasteiger partial charge is 0.265 e. The van der Waals surface area contributed by atoms with Crippen LogP contribution in [0, 0.1) is 5.82 Å². The molecule has 2 aromatic heterocycles. The summed E-state index contributed by atoms with van der Waals surface area (Å²) >= 11 is 6.09. The van der Waals surface area contributed by atoms with Gasteiger partial charge in [0.25, 0.3) is 5.92 Å². The van der Waals surface area contributed by atoms with Gasteiger partial charge in [-0.1, -0.05) is 41.9 Å². The first-order chi connectivity index (χ1) is 14.9. The molecule has 0 unspecified atom stereocenters. The average molecular weight is 445 g/mol. The molecule has 4 aromatic rings. The summed E-state index contributed by atoms with van der Waals surface area (Å²) in [7, 11) is 0. The second-order valence-corrected chi connectivity index (χ2v) is 7.87. The molecule has 0 spiro atoms. The highest BCUT2D eigenvalue weighted by Crippen LogP contribution is 2.44. The van der Waals surface area contributed by atoms with Crippen LogP contribution in [0.3, 0.4) is 0 Å². The molecule has 10 heteroatoms. The van der Waals surface area contributed by atoms with Crippen molar-refractivity contribution in [2.45, 2.75) is 18.8 Å². The van der Waals surface area contributed by atoms with Crippen LogP contribution in [-0.2, 0) is 0 Å². The molecule has 0 saturated carbocycles. The molecule has 1 saturated heterocycles. The van der Waals surface area contributed by atoms with Gasteiger partial charge in [-0.2, -0.15) is 0 Å². The van der Waals surface area contributed by atoms with E-state index < -0.39 is 18.3 Å². The Bertz CT molecular complexity index is 1250. The molecule has 0 amide bonds. The van der Waals surface area contributed by atoms with Gasteiger partial charge in [-0.25, -0.2) is 23.3 Å². The van der Waals surface area contributed by atoms with E-state index in [9.17, 15) is 13.2 Å². The second-order valence-electron chi connectivity index (χ2n) is 7.47. The Balaban J connectivity index is 1.88. The number of aromatic amines is 1. The van der Waals surface area contributed by atoms with E-state index in [0.29, 0.717) is 35.0 Å². The quantitative estimate of drug-likeness (QED) is 0.475. The van der Waals surface area contributed by atoms with Crippen LogP contribution in [0.25, 0.3) is 33.4 Å². The third-order valence-corrected chi connectivity index (χ3v) is 5.63. The Morgan fingerprint density at radius 3 is 2.61 bits per heavy atom. The van der Waals surface area contributed by atoms with E-state index in [4.69, 9.17) is 11.6 Å². The van der Waals surface area contributed by atoms with Crippen molar-refractivity contribution in [3.05, 3.63) is 53.3 Å². The van der Waals surface area contributed by atoms with Gasteiger partial charge in [0.15, 0.2) is 5.82 Å². The minimum absolute atomic E-state index is 0.0645. The number of H-pyrrole nitrogens is 1. The van der Waals surface area contributed by atoms with Gasteiger partial charge in [0.1, 0.15) is 11.6 Å². The third-order valence-electron chi connectivity index (χ3n) is 5.34. The summed E-state index contributed by atoms with van der Waals surface area (Å²) in [4.78, 5) is 6.10. The number of benzene rings is 2. The van der Waals surface area contributed by atoms with Crippen molar-refractivity contribution in [1.82, 2.24) is 25.6 Å². The van der Waals surface area contributed by atoms with Crippen LogP contribution in [0.1, 0.15) is 12.8 Å². The highest BCUT2D eigenvalue weighted by molar-refractivity contribution is 6.31. The van der Waals surface area contributed by atoms with E-state index in [0.717, 1.165) is 5.56 Å². The number of fused-ring (bicyclic) bond motifs is 1. The van der Waals surface area contributed by atoms with Crippen molar-refractivity contribution in [3.8, 4) is 22.5 Å². The lowest BCUT2D eigenvalue weighted by Crippen LogP contribution is -2.43. The minimum atomic E-state index is -2.86. The zero-order valence-corrected chi connectivity index (χ0v) is 16.9. The zero-order valence-electron chi connectivity index (χ0n) is 16.1. The molecule has 1 aliphatic heterocycles. The van der Waals surface area contributed by atoms with Crippen LogP contribution in [-0.4, -0.2) is 44.6 Å². The van der Waals surface area contributed by atoms with Crippen molar-refractivity contribution in [2.75, 3.05) is 18.0 Å². The average Bonchev–Trinajstić information content (AvgIpc) is 3.28. The van der Waals surface area contributed by atoms with E-state index in [1.165, 1.54) is 17.0 Å². The van der Waals surface area contributed by atoms with Crippen LogP contribution in [0.5, 0.6) is 0 Å². The van der Waals surface area contributed by atoms with E-state index >= 15 is 0 Å². The fourth-order valence-electron chi connectivity index (χ4n) is 4.02. The maximum Gasteiger partial charge on any atom is 0.265 e. The predicted molar refractivity (Wildman–Crippen MR) is 112 cm³/mol. The summed E-state index contributed by atoms with van der Waals surface area (Å²) in [6.45, 7) is -0.114. The topological polar surface area (TPSA) is 70.6 Å². The molecule has 2 aromatic carbocycles. The number of aromatic nitrogens is 5. The SMILES string of the molecule is Fc1cc2nc(N3CCCC(F)(F)C3)c(-c3nnn[nH]3)c(-c3ccccc3)c2cc1Cl. The first-order valence-corrected chi connectivity index (χ1v) is 10.1. The summed E-state index contributed by atoms with van der Waals surface area (Å²) in [5, 5.41) is 14.6. The van der Waals surface area contributed by atoms with E-state index in [1.54, 1.807) is 0 Å². The summed E-state index contributed by atoms with van der Waals surface area (Å²) in [6, 6.07) is 12.0. The third kappa shape index (κ3) is 3.59. The Kier molecular flexibility index (Phi) is 4.77. The van der Waals surface area contributed by atoms with Gasteiger partial charge < -0.3 is 4.90 Å². The minimum Gasteiger partial charge on any atom is -0.350 e. The van der Waals surface area contributed by atoms with Crippen LogP contribution in [0.2, 0.25) is 5.02 Å². The lowest BCUT2D eigenvalue weighted by Gasteiger charge is -2.34. The number of tetrazole rings is 1. The van der Waals surface area contributed by atoms with Crippen LogP contribution in [0.15, 0.2) is 42.5 Å². The van der Waals surface area contributed by atoms with E-state index in [-0.39, 0.29) is 23.1 Å². The number of hydrogen-bond donors (Lipinski definition) is 1. The Hall–Kier alpha value is -3.20. The van der Waals surface area contributed by atoms with Gasteiger partial charge in [0.05, 0.1) is 22.6 Å². The molecular formula is C21H16ClF3N6. The number of anilines is 1. The molecule has 1 N–H and O–H groups in total. The molecule has 0 radical (unpaired) electrons. The largest absolute Gasteiger partial charge is 0.350 e. The maximum atomic E-state index is 14.3. The first-order valence-electron chi connectivity index (χ1n) is 9.68. The highest BCUT2D eigenvalue weighted by Gasteiger charge is 2.37. The van der Waals surface area contributed by atoms with Crippen molar-refractivity contribution >= 4 is 28.3 Å². The molecule has 31 heavy (non-hydrogen) atoms. The highest BCUT2D eigenvalue weighted by atomic mass is 35.5. The van der Waals surface area contributed by atoms with Crippen LogP contribution in [0.4, 0.5) is 19.0 Å². The normalized spacial score (nSPS) is 16.1. The molecule has 1 fully saturated rings. The number of halogens is 4. The van der Waals surface area contributed by atoms with Gasteiger partial charge in [-0.05, 0) is 28.5 Å². The van der Waals surface area contributed by atoms with Crippen LogP contribution < -0.4 is 4.90 Å². The standard InChI is InChI=1S/C21H16ClF3N6/c22-14-9-13-16(10-15(14)23)26-20(31-8-4-7-21(24,25)11-31)18(19-27-29-30-28-19)17(13)12-5-2-1-3-6-12/h1-3,5-6,9-10H,4,7-8,11H2,(H,27,28,29,30). The Morgan fingerprint density at radius 2 is 1.90 bits per heavy atom. The number of nitrogens with zero attached hydrogens (tertiary/aromatic N) is 5. The number of alkyl halides is 2. The molecule has 1 aliphatic rings. The van der Waals surface area contributed by atoms with Gasteiger partial charge in [-0.3, -0.25) is 0 Å².